The molecular formula is C54H34N2O. The van der Waals surface area contributed by atoms with Gasteiger partial charge in [-0.05, 0) is 101 Å². The lowest BCUT2D eigenvalue weighted by atomic mass is 9.92. The van der Waals surface area contributed by atoms with Gasteiger partial charge in [-0.25, -0.2) is 0 Å². The van der Waals surface area contributed by atoms with E-state index in [9.17, 15) is 0 Å². The van der Waals surface area contributed by atoms with Crippen LogP contribution in [0.25, 0.3) is 110 Å². The molecule has 0 amide bonds. The molecule has 266 valence electrons. The van der Waals surface area contributed by atoms with E-state index in [0.29, 0.717) is 0 Å². The van der Waals surface area contributed by atoms with E-state index >= 15 is 0 Å². The van der Waals surface area contributed by atoms with Crippen molar-refractivity contribution in [2.75, 3.05) is 0 Å². The summed E-state index contributed by atoms with van der Waals surface area (Å²) in [4.78, 5) is 0. The minimum absolute atomic E-state index is 0.896. The molecule has 12 rings (SSSR count). The smallest absolute Gasteiger partial charge is 0.135 e. The van der Waals surface area contributed by atoms with Crippen LogP contribution in [0.1, 0.15) is 0 Å². The zero-order valence-electron chi connectivity index (χ0n) is 30.9. The van der Waals surface area contributed by atoms with E-state index in [4.69, 9.17) is 4.42 Å². The molecule has 0 fully saturated rings. The first-order valence-corrected chi connectivity index (χ1v) is 19.5. The molecule has 0 spiro atoms. The molecule has 0 atom stereocenters. The Morgan fingerprint density at radius 1 is 0.281 bits per heavy atom. The number of hydrogen-bond acceptors (Lipinski definition) is 1. The molecule has 0 radical (unpaired) electrons. The van der Waals surface area contributed by atoms with Gasteiger partial charge in [0.25, 0.3) is 0 Å². The number of benzene rings is 9. The maximum Gasteiger partial charge on any atom is 0.135 e. The van der Waals surface area contributed by atoms with Crippen LogP contribution in [0.15, 0.2) is 211 Å². The molecule has 0 saturated heterocycles. The van der Waals surface area contributed by atoms with Crippen LogP contribution in [0.5, 0.6) is 0 Å². The molecule has 3 heterocycles. The number of furan rings is 1. The van der Waals surface area contributed by atoms with Gasteiger partial charge >= 0.3 is 0 Å². The topological polar surface area (TPSA) is 23.0 Å². The third-order valence-electron chi connectivity index (χ3n) is 11.7. The molecule has 57 heavy (non-hydrogen) atoms. The van der Waals surface area contributed by atoms with Gasteiger partial charge in [0.05, 0.1) is 22.1 Å². The lowest BCUT2D eigenvalue weighted by Crippen LogP contribution is -1.96. The fraction of sp³-hybridized carbons (Fsp3) is 0. The summed E-state index contributed by atoms with van der Waals surface area (Å²) in [5, 5.41) is 7.19. The molecule has 3 heteroatoms. The van der Waals surface area contributed by atoms with Crippen molar-refractivity contribution in [3.63, 3.8) is 0 Å². The second-order valence-electron chi connectivity index (χ2n) is 14.9. The van der Waals surface area contributed by atoms with Crippen LogP contribution in [0.3, 0.4) is 0 Å². The summed E-state index contributed by atoms with van der Waals surface area (Å²) in [5.41, 5.74) is 15.9. The maximum atomic E-state index is 6.24. The number of aromatic nitrogens is 2. The first-order chi connectivity index (χ1) is 28.3. The highest BCUT2D eigenvalue weighted by molar-refractivity contribution is 6.15. The van der Waals surface area contributed by atoms with Gasteiger partial charge < -0.3 is 13.6 Å². The summed E-state index contributed by atoms with van der Waals surface area (Å²) in [6.07, 6.45) is 0. The Hall–Kier alpha value is -7.62. The van der Waals surface area contributed by atoms with Gasteiger partial charge in [0, 0.05) is 49.3 Å². The summed E-state index contributed by atoms with van der Waals surface area (Å²) in [5.74, 6) is 0. The zero-order valence-corrected chi connectivity index (χ0v) is 30.9. The average molecular weight is 727 g/mol. The number of hydrogen-bond donors (Lipinski definition) is 0. The standard InChI is InChI=1S/C54H34N2O/c1-3-14-35(15-4-1)37-30-38(32-39(31-37)42-21-13-22-47-44-19-8-11-24-50(44)56(54(42)47)40-16-5-2-6-17-40)36-26-28-45-43-18-7-10-23-49(43)55(51(45)33-36)41-27-29-53-48(34-41)46-20-9-12-25-52(46)57-53/h1-34H. The summed E-state index contributed by atoms with van der Waals surface area (Å²) in [6, 6.07) is 74.7. The van der Waals surface area contributed by atoms with Crippen LogP contribution in [-0.4, -0.2) is 9.13 Å². The number of fused-ring (bicyclic) bond motifs is 9. The highest BCUT2D eigenvalue weighted by Gasteiger charge is 2.19. The molecule has 0 aliphatic heterocycles. The van der Waals surface area contributed by atoms with Crippen molar-refractivity contribution in [1.82, 2.24) is 9.13 Å². The minimum atomic E-state index is 0.896. The van der Waals surface area contributed by atoms with Gasteiger partial charge in [-0.2, -0.15) is 0 Å². The van der Waals surface area contributed by atoms with Crippen LogP contribution >= 0.6 is 0 Å². The third-order valence-corrected chi connectivity index (χ3v) is 11.7. The van der Waals surface area contributed by atoms with Crippen LogP contribution < -0.4 is 0 Å². The number of nitrogens with zero attached hydrogens (tertiary/aromatic N) is 2. The first-order valence-electron chi connectivity index (χ1n) is 19.5. The van der Waals surface area contributed by atoms with Crippen molar-refractivity contribution >= 4 is 65.6 Å². The minimum Gasteiger partial charge on any atom is -0.456 e. The Balaban J connectivity index is 1.11. The van der Waals surface area contributed by atoms with E-state index in [1.165, 1.54) is 71.4 Å². The summed E-state index contributed by atoms with van der Waals surface area (Å²) < 4.78 is 11.1. The predicted octanol–water partition coefficient (Wildman–Crippen LogP) is 14.8. The number of para-hydroxylation sites is 5. The van der Waals surface area contributed by atoms with E-state index in [0.717, 1.165) is 38.9 Å². The number of rotatable bonds is 5. The van der Waals surface area contributed by atoms with E-state index in [2.05, 4.69) is 203 Å². The van der Waals surface area contributed by atoms with Crippen molar-refractivity contribution in [3.05, 3.63) is 206 Å². The first kappa shape index (κ1) is 31.7. The van der Waals surface area contributed by atoms with Crippen LogP contribution in [-0.2, 0) is 0 Å². The Kier molecular flexibility index (Phi) is 6.93. The van der Waals surface area contributed by atoms with Crippen molar-refractivity contribution in [1.29, 1.82) is 0 Å². The Labute approximate surface area is 328 Å². The highest BCUT2D eigenvalue weighted by atomic mass is 16.3. The molecule has 0 N–H and O–H groups in total. The van der Waals surface area contributed by atoms with E-state index in [-0.39, 0.29) is 0 Å². The molecular weight excluding hydrogens is 693 g/mol. The van der Waals surface area contributed by atoms with Gasteiger partial charge in [0.1, 0.15) is 11.2 Å². The molecule has 0 aliphatic rings. The molecule has 0 unspecified atom stereocenters. The van der Waals surface area contributed by atoms with Crippen molar-refractivity contribution < 1.29 is 4.42 Å². The monoisotopic (exact) mass is 726 g/mol. The average Bonchev–Trinajstić information content (AvgIpc) is 3.94. The lowest BCUT2D eigenvalue weighted by molar-refractivity contribution is 0.669. The predicted molar refractivity (Wildman–Crippen MR) is 239 cm³/mol. The van der Waals surface area contributed by atoms with Crippen LogP contribution in [0.4, 0.5) is 0 Å². The Morgan fingerprint density at radius 3 is 1.68 bits per heavy atom. The van der Waals surface area contributed by atoms with Crippen LogP contribution in [0.2, 0.25) is 0 Å². The second kappa shape index (κ2) is 12.5. The van der Waals surface area contributed by atoms with E-state index in [1.54, 1.807) is 0 Å². The Morgan fingerprint density at radius 2 is 0.877 bits per heavy atom. The molecule has 3 nitrogen and oxygen atoms in total. The fourth-order valence-corrected chi connectivity index (χ4v) is 9.13. The van der Waals surface area contributed by atoms with Crippen molar-refractivity contribution in [3.8, 4) is 44.8 Å². The largest absolute Gasteiger partial charge is 0.456 e. The second-order valence-corrected chi connectivity index (χ2v) is 14.9. The van der Waals surface area contributed by atoms with E-state index < -0.39 is 0 Å². The van der Waals surface area contributed by atoms with Gasteiger partial charge in [-0.3, -0.25) is 0 Å². The highest BCUT2D eigenvalue weighted by Crippen LogP contribution is 2.42. The fourth-order valence-electron chi connectivity index (χ4n) is 9.13. The molecule has 3 aromatic heterocycles. The molecule has 0 bridgehead atoms. The zero-order chi connectivity index (χ0) is 37.5. The van der Waals surface area contributed by atoms with Crippen molar-refractivity contribution in [2.45, 2.75) is 0 Å². The summed E-state index contributed by atoms with van der Waals surface area (Å²) in [7, 11) is 0. The molecule has 12 aromatic rings. The van der Waals surface area contributed by atoms with Gasteiger partial charge in [0.15, 0.2) is 0 Å². The van der Waals surface area contributed by atoms with Crippen LogP contribution in [0, 0.1) is 0 Å². The molecule has 9 aromatic carbocycles. The SMILES string of the molecule is c1ccc(-c2cc(-c3ccc4c5ccccc5n(-c5ccc6oc7ccccc7c6c5)c4c3)cc(-c3cccc4c5ccccc5n(-c5ccccc5)c34)c2)cc1. The Bertz CT molecular complexity index is 3510. The molecule has 0 aliphatic carbocycles. The quantitative estimate of drug-likeness (QED) is 0.173. The summed E-state index contributed by atoms with van der Waals surface area (Å²) in [6.45, 7) is 0. The van der Waals surface area contributed by atoms with Gasteiger partial charge in [-0.1, -0.05) is 133 Å². The van der Waals surface area contributed by atoms with Gasteiger partial charge in [-0.15, -0.1) is 0 Å². The van der Waals surface area contributed by atoms with Crippen molar-refractivity contribution in [2.24, 2.45) is 0 Å². The van der Waals surface area contributed by atoms with Gasteiger partial charge in [0.2, 0.25) is 0 Å². The maximum absolute atomic E-state index is 6.24. The molecule has 0 saturated carbocycles. The summed E-state index contributed by atoms with van der Waals surface area (Å²) >= 11 is 0. The lowest BCUT2D eigenvalue weighted by Gasteiger charge is -2.15. The van der Waals surface area contributed by atoms with E-state index in [1.807, 2.05) is 12.1 Å². The third kappa shape index (κ3) is 4.92. The normalized spacial score (nSPS) is 11.9.